The van der Waals surface area contributed by atoms with Gasteiger partial charge in [-0.15, -0.1) is 0 Å². The molecule has 7 nitrogen and oxygen atoms in total. The highest BCUT2D eigenvalue weighted by atomic mass is 35.5. The summed E-state index contributed by atoms with van der Waals surface area (Å²) in [6, 6.07) is 25.0. The molecule has 1 atom stereocenters. The van der Waals surface area contributed by atoms with E-state index in [-0.39, 0.29) is 11.5 Å². The summed E-state index contributed by atoms with van der Waals surface area (Å²) in [6.45, 7) is 1.79. The Hall–Kier alpha value is -4.18. The number of carbonyl (C=O) groups excluding carboxylic acids is 1. The maximum absolute atomic E-state index is 13.8. The number of hydrogen-bond donors (Lipinski definition) is 1. The van der Waals surface area contributed by atoms with Crippen molar-refractivity contribution >= 4 is 52.4 Å². The Morgan fingerprint density at radius 1 is 1.05 bits per heavy atom. The Labute approximate surface area is 242 Å². The number of benzene rings is 2. The van der Waals surface area contributed by atoms with E-state index < -0.39 is 6.04 Å². The zero-order valence-electron chi connectivity index (χ0n) is 21.1. The maximum Gasteiger partial charge on any atom is 0.271 e. The molecule has 10 heteroatoms. The summed E-state index contributed by atoms with van der Waals surface area (Å²) in [4.78, 5) is 36.9. The summed E-state index contributed by atoms with van der Waals surface area (Å²) < 4.78 is 7.97. The van der Waals surface area contributed by atoms with Gasteiger partial charge >= 0.3 is 0 Å². The predicted octanol–water partition coefficient (Wildman–Crippen LogP) is 5.67. The van der Waals surface area contributed by atoms with Crippen LogP contribution in [0.2, 0.25) is 5.02 Å². The summed E-state index contributed by atoms with van der Waals surface area (Å²) in [5.41, 5.74) is 2.05. The van der Waals surface area contributed by atoms with Gasteiger partial charge in [0.15, 0.2) is 9.89 Å². The molecule has 198 valence electrons. The third-order valence-electron chi connectivity index (χ3n) is 6.20. The number of allylic oxidation sites excluding steroid dienone is 1. The van der Waals surface area contributed by atoms with Crippen molar-refractivity contribution in [2.45, 2.75) is 23.1 Å². The highest BCUT2D eigenvalue weighted by Gasteiger charge is 2.32. The molecule has 1 N–H and O–H groups in total. The number of hydrogen-bond acceptors (Lipinski definition) is 7. The van der Waals surface area contributed by atoms with Gasteiger partial charge in [-0.05, 0) is 72.8 Å². The number of nitrogens with zero attached hydrogens (tertiary/aromatic N) is 3. The van der Waals surface area contributed by atoms with Crippen molar-refractivity contribution in [2.24, 2.45) is 4.99 Å². The van der Waals surface area contributed by atoms with Crippen LogP contribution in [0.4, 0.5) is 5.69 Å². The number of anilines is 1. The second-order valence-electron chi connectivity index (χ2n) is 8.88. The van der Waals surface area contributed by atoms with Gasteiger partial charge in [0.1, 0.15) is 10.8 Å². The molecule has 6 rings (SSSR count). The van der Waals surface area contributed by atoms with Crippen LogP contribution in [0.25, 0.3) is 6.08 Å². The molecule has 40 heavy (non-hydrogen) atoms. The molecule has 0 saturated carbocycles. The quantitative estimate of drug-likeness (QED) is 0.278. The third-order valence-corrected chi connectivity index (χ3v) is 8.31. The molecule has 3 aromatic heterocycles. The number of nitrogens with one attached hydrogen (secondary N) is 1. The summed E-state index contributed by atoms with van der Waals surface area (Å²) in [7, 11) is 0. The first-order valence-electron chi connectivity index (χ1n) is 12.3. The molecule has 5 aromatic rings. The molecule has 0 bridgehead atoms. The molecule has 0 radical (unpaired) electrons. The molecule has 4 heterocycles. The van der Waals surface area contributed by atoms with Crippen LogP contribution in [0.3, 0.4) is 0 Å². The standard InChI is InChI=1S/C30H21ClN4O3S2/c1-18-26(28(36)34-21-7-3-2-4-8-21)27(19-10-12-20(31)13-11-19)35-29(37)23(39-30(35)33-18)17-22-14-15-25(38-22)40-24-9-5-6-16-32-24/h2-17,27H,1H3,(H,34,36)/b23-17-/t27-/m0/s1. The third kappa shape index (κ3) is 5.31. The van der Waals surface area contributed by atoms with Crippen LogP contribution in [-0.2, 0) is 4.79 Å². The van der Waals surface area contributed by atoms with Crippen molar-refractivity contribution in [2.75, 3.05) is 5.32 Å². The highest BCUT2D eigenvalue weighted by Crippen LogP contribution is 2.32. The number of fused-ring (bicyclic) bond motifs is 1. The molecule has 0 saturated heterocycles. The molecule has 0 spiro atoms. The molecule has 0 fully saturated rings. The molecule has 2 aromatic carbocycles. The molecule has 0 unspecified atom stereocenters. The molecule has 0 aliphatic carbocycles. The Kier molecular flexibility index (Phi) is 7.25. The van der Waals surface area contributed by atoms with Crippen LogP contribution in [0.5, 0.6) is 0 Å². The van der Waals surface area contributed by atoms with E-state index in [1.54, 1.807) is 35.9 Å². The molecule has 1 aliphatic heterocycles. The SMILES string of the molecule is CC1=C(C(=O)Nc2ccccc2)[C@H](c2ccc(Cl)cc2)n2c(s/c(=C\c3ccc(Sc4ccccn4)o3)c2=O)=N1. The predicted molar refractivity (Wildman–Crippen MR) is 157 cm³/mol. The minimum atomic E-state index is -0.689. The number of thiazole rings is 1. The number of amides is 1. The van der Waals surface area contributed by atoms with E-state index in [0.717, 1.165) is 10.6 Å². The van der Waals surface area contributed by atoms with Crippen molar-refractivity contribution in [3.05, 3.63) is 138 Å². The number of furan rings is 1. The van der Waals surface area contributed by atoms with E-state index in [9.17, 15) is 9.59 Å². The first-order chi connectivity index (χ1) is 19.5. The summed E-state index contributed by atoms with van der Waals surface area (Å²) in [6.07, 6.45) is 3.43. The lowest BCUT2D eigenvalue weighted by atomic mass is 9.95. The van der Waals surface area contributed by atoms with Gasteiger partial charge < -0.3 is 9.73 Å². The van der Waals surface area contributed by atoms with Gasteiger partial charge in [-0.25, -0.2) is 9.98 Å². The number of carbonyl (C=O) groups is 1. The van der Waals surface area contributed by atoms with E-state index in [2.05, 4.69) is 15.3 Å². The fourth-order valence-electron chi connectivity index (χ4n) is 4.40. The first-order valence-corrected chi connectivity index (χ1v) is 14.3. The van der Waals surface area contributed by atoms with Crippen LogP contribution >= 0.6 is 34.7 Å². The average molecular weight is 585 g/mol. The molecular weight excluding hydrogens is 564 g/mol. The Balaban J connectivity index is 1.41. The van der Waals surface area contributed by atoms with Gasteiger partial charge in [-0.2, -0.15) is 0 Å². The summed E-state index contributed by atoms with van der Waals surface area (Å²) in [5.74, 6) is 0.202. The Morgan fingerprint density at radius 2 is 1.82 bits per heavy atom. The molecular formula is C30H21ClN4O3S2. The zero-order chi connectivity index (χ0) is 27.6. The lowest BCUT2D eigenvalue weighted by molar-refractivity contribution is -0.113. The van der Waals surface area contributed by atoms with E-state index >= 15 is 0 Å². The normalized spacial score (nSPS) is 15.1. The second kappa shape index (κ2) is 11.1. The monoisotopic (exact) mass is 584 g/mol. The van der Waals surface area contributed by atoms with Gasteiger partial charge in [-0.1, -0.05) is 59.3 Å². The zero-order valence-corrected chi connectivity index (χ0v) is 23.5. The number of rotatable bonds is 6. The highest BCUT2D eigenvalue weighted by molar-refractivity contribution is 7.99. The second-order valence-corrected chi connectivity index (χ2v) is 11.4. The van der Waals surface area contributed by atoms with Gasteiger partial charge in [0.25, 0.3) is 11.5 Å². The Bertz CT molecular complexity index is 1910. The van der Waals surface area contributed by atoms with Gasteiger partial charge in [-0.3, -0.25) is 14.2 Å². The number of para-hydroxylation sites is 1. The van der Waals surface area contributed by atoms with Gasteiger partial charge in [0, 0.05) is 23.0 Å². The van der Waals surface area contributed by atoms with E-state index in [1.165, 1.54) is 23.1 Å². The minimum Gasteiger partial charge on any atom is -0.450 e. The topological polar surface area (TPSA) is 89.5 Å². The van der Waals surface area contributed by atoms with E-state index in [1.807, 2.05) is 72.8 Å². The largest absolute Gasteiger partial charge is 0.450 e. The number of pyridine rings is 1. The van der Waals surface area contributed by atoms with Crippen molar-refractivity contribution < 1.29 is 9.21 Å². The maximum atomic E-state index is 13.8. The summed E-state index contributed by atoms with van der Waals surface area (Å²) in [5, 5.41) is 4.97. The van der Waals surface area contributed by atoms with E-state index in [0.29, 0.717) is 42.2 Å². The van der Waals surface area contributed by atoms with Gasteiger partial charge in [0.2, 0.25) is 0 Å². The molecule has 1 amide bonds. The van der Waals surface area contributed by atoms with Crippen LogP contribution in [-0.4, -0.2) is 15.5 Å². The fourth-order valence-corrected chi connectivity index (χ4v) is 6.29. The average Bonchev–Trinajstić information content (AvgIpc) is 3.52. The van der Waals surface area contributed by atoms with Crippen LogP contribution in [0, 0.1) is 0 Å². The fraction of sp³-hybridized carbons (Fsp3) is 0.0667. The minimum absolute atomic E-state index is 0.267. The first kappa shape index (κ1) is 26.1. The van der Waals surface area contributed by atoms with Crippen LogP contribution in [0.15, 0.2) is 127 Å². The lowest BCUT2D eigenvalue weighted by Crippen LogP contribution is -2.40. The van der Waals surface area contributed by atoms with E-state index in [4.69, 9.17) is 16.0 Å². The van der Waals surface area contributed by atoms with Gasteiger partial charge in [0.05, 0.1) is 21.8 Å². The van der Waals surface area contributed by atoms with Crippen molar-refractivity contribution in [1.82, 2.24) is 9.55 Å². The van der Waals surface area contributed by atoms with Crippen molar-refractivity contribution in [3.63, 3.8) is 0 Å². The van der Waals surface area contributed by atoms with Crippen molar-refractivity contribution in [3.8, 4) is 0 Å². The Morgan fingerprint density at radius 3 is 2.58 bits per heavy atom. The van der Waals surface area contributed by atoms with Crippen molar-refractivity contribution in [1.29, 1.82) is 0 Å². The smallest absolute Gasteiger partial charge is 0.271 e. The van der Waals surface area contributed by atoms with Crippen LogP contribution < -0.4 is 20.2 Å². The van der Waals surface area contributed by atoms with Crippen LogP contribution in [0.1, 0.15) is 24.3 Å². The number of aromatic nitrogens is 2. The molecule has 1 aliphatic rings. The summed E-state index contributed by atoms with van der Waals surface area (Å²) >= 11 is 8.81. The lowest BCUT2D eigenvalue weighted by Gasteiger charge is -2.25. The number of halogens is 1.